The Morgan fingerprint density at radius 2 is 2.12 bits per heavy atom. The third-order valence-electron chi connectivity index (χ3n) is 5.26. The zero-order chi connectivity index (χ0) is 18.1. The standard InChI is InChI=1S/C18H28N6O.ClH/c1-11(6-15-12(2)22-24(5)13(15)3)21-18(25)17-9-19-8-16(17)14-7-20-23(4)10-14;/h7,10-11,16-17,19H,6,8-9H2,1-5H3,(H,21,25);1H/t11?,16-,17+;/m1./s1. The molecule has 1 aliphatic rings. The Labute approximate surface area is 160 Å². The maximum atomic E-state index is 12.8. The summed E-state index contributed by atoms with van der Waals surface area (Å²) in [4.78, 5) is 12.8. The highest BCUT2D eigenvalue weighted by Crippen LogP contribution is 2.28. The number of hydrogen-bond acceptors (Lipinski definition) is 4. The Morgan fingerprint density at radius 1 is 1.38 bits per heavy atom. The van der Waals surface area contributed by atoms with Gasteiger partial charge in [-0.2, -0.15) is 10.2 Å². The maximum Gasteiger partial charge on any atom is 0.225 e. The molecule has 0 spiro atoms. The zero-order valence-electron chi connectivity index (χ0n) is 16.1. The smallest absolute Gasteiger partial charge is 0.225 e. The van der Waals surface area contributed by atoms with Crippen LogP contribution < -0.4 is 10.6 Å². The van der Waals surface area contributed by atoms with E-state index >= 15 is 0 Å². The van der Waals surface area contributed by atoms with E-state index in [-0.39, 0.29) is 36.2 Å². The molecule has 0 bridgehead atoms. The van der Waals surface area contributed by atoms with Crippen LogP contribution in [-0.2, 0) is 25.3 Å². The number of aromatic nitrogens is 4. The lowest BCUT2D eigenvalue weighted by molar-refractivity contribution is -0.125. The quantitative estimate of drug-likeness (QED) is 0.818. The number of nitrogens with one attached hydrogen (secondary N) is 2. The number of nitrogens with zero attached hydrogens (tertiary/aromatic N) is 4. The van der Waals surface area contributed by atoms with Gasteiger partial charge in [-0.15, -0.1) is 12.4 Å². The maximum absolute atomic E-state index is 12.8. The lowest BCUT2D eigenvalue weighted by atomic mass is 9.90. The first-order chi connectivity index (χ1) is 11.9. The molecule has 2 N–H and O–H groups in total. The SMILES string of the molecule is Cc1nn(C)c(C)c1CC(C)NC(=O)[C@H]1CNC[C@@H]1c1cnn(C)c1.Cl. The summed E-state index contributed by atoms with van der Waals surface area (Å²) in [5.41, 5.74) is 4.55. The first kappa shape index (κ1) is 20.5. The highest BCUT2D eigenvalue weighted by Gasteiger charge is 2.35. The van der Waals surface area contributed by atoms with Crippen LogP contribution in [0.2, 0.25) is 0 Å². The second-order valence-electron chi connectivity index (χ2n) is 7.21. The molecule has 1 amide bonds. The molecule has 3 heterocycles. The Kier molecular flexibility index (Phi) is 6.47. The number of amides is 1. The van der Waals surface area contributed by atoms with Gasteiger partial charge in [-0.05, 0) is 38.3 Å². The largest absolute Gasteiger partial charge is 0.353 e. The Balaban J connectivity index is 0.00000243. The van der Waals surface area contributed by atoms with Crippen molar-refractivity contribution in [2.75, 3.05) is 13.1 Å². The van der Waals surface area contributed by atoms with Crippen molar-refractivity contribution in [1.29, 1.82) is 0 Å². The third-order valence-corrected chi connectivity index (χ3v) is 5.26. The second kappa shape index (κ2) is 8.22. The number of carbonyl (C=O) groups is 1. The minimum Gasteiger partial charge on any atom is -0.353 e. The van der Waals surface area contributed by atoms with E-state index in [1.165, 1.54) is 5.56 Å². The van der Waals surface area contributed by atoms with Gasteiger partial charge in [-0.3, -0.25) is 14.2 Å². The van der Waals surface area contributed by atoms with Crippen LogP contribution in [0.1, 0.15) is 35.4 Å². The van der Waals surface area contributed by atoms with Gasteiger partial charge in [0.15, 0.2) is 0 Å². The molecule has 0 radical (unpaired) electrons. The fourth-order valence-corrected chi connectivity index (χ4v) is 3.76. The molecule has 2 aromatic rings. The molecule has 1 aliphatic heterocycles. The van der Waals surface area contributed by atoms with Crippen LogP contribution in [0, 0.1) is 19.8 Å². The molecule has 3 rings (SSSR count). The van der Waals surface area contributed by atoms with E-state index in [1.54, 1.807) is 4.68 Å². The van der Waals surface area contributed by atoms with Gasteiger partial charge in [0.1, 0.15) is 0 Å². The second-order valence-corrected chi connectivity index (χ2v) is 7.21. The van der Waals surface area contributed by atoms with Gasteiger partial charge in [0, 0.05) is 51.0 Å². The summed E-state index contributed by atoms with van der Waals surface area (Å²) in [5, 5.41) is 15.2. The first-order valence-corrected chi connectivity index (χ1v) is 8.85. The van der Waals surface area contributed by atoms with Gasteiger partial charge >= 0.3 is 0 Å². The van der Waals surface area contributed by atoms with Crippen molar-refractivity contribution in [2.45, 2.75) is 39.2 Å². The molecule has 144 valence electrons. The number of rotatable bonds is 5. The summed E-state index contributed by atoms with van der Waals surface area (Å²) >= 11 is 0. The first-order valence-electron chi connectivity index (χ1n) is 8.85. The van der Waals surface area contributed by atoms with Crippen LogP contribution in [-0.4, -0.2) is 44.6 Å². The minimum absolute atomic E-state index is 0. The molecule has 7 nitrogen and oxygen atoms in total. The van der Waals surface area contributed by atoms with E-state index in [4.69, 9.17) is 0 Å². The average Bonchev–Trinajstić information content (AvgIpc) is 3.24. The predicted octanol–water partition coefficient (Wildman–Crippen LogP) is 1.24. The topological polar surface area (TPSA) is 76.8 Å². The fraction of sp³-hybridized carbons (Fsp3) is 0.611. The van der Waals surface area contributed by atoms with Crippen LogP contribution in [0.4, 0.5) is 0 Å². The number of aryl methyl sites for hydroxylation is 3. The van der Waals surface area contributed by atoms with Crippen LogP contribution in [0.15, 0.2) is 12.4 Å². The predicted molar refractivity (Wildman–Crippen MR) is 104 cm³/mol. The van der Waals surface area contributed by atoms with Crippen molar-refractivity contribution >= 4 is 18.3 Å². The Morgan fingerprint density at radius 3 is 2.69 bits per heavy atom. The lowest BCUT2D eigenvalue weighted by Gasteiger charge is -2.21. The number of hydrogen-bond donors (Lipinski definition) is 2. The molecule has 0 aliphatic carbocycles. The van der Waals surface area contributed by atoms with Gasteiger partial charge in [0.25, 0.3) is 0 Å². The van der Waals surface area contributed by atoms with Crippen molar-refractivity contribution in [2.24, 2.45) is 20.0 Å². The molecular formula is C18H29ClN6O. The van der Waals surface area contributed by atoms with Crippen molar-refractivity contribution in [3.63, 3.8) is 0 Å². The van der Waals surface area contributed by atoms with E-state index in [0.717, 1.165) is 29.9 Å². The van der Waals surface area contributed by atoms with Crippen molar-refractivity contribution in [3.05, 3.63) is 34.9 Å². The molecule has 3 atom stereocenters. The van der Waals surface area contributed by atoms with E-state index in [1.807, 2.05) is 38.1 Å². The normalized spacial score (nSPS) is 20.7. The van der Waals surface area contributed by atoms with Crippen molar-refractivity contribution in [3.8, 4) is 0 Å². The van der Waals surface area contributed by atoms with E-state index in [0.29, 0.717) is 6.54 Å². The van der Waals surface area contributed by atoms with E-state index in [9.17, 15) is 4.79 Å². The van der Waals surface area contributed by atoms with Crippen molar-refractivity contribution in [1.82, 2.24) is 30.2 Å². The number of halogens is 1. The summed E-state index contributed by atoms with van der Waals surface area (Å²) in [6.45, 7) is 7.69. The highest BCUT2D eigenvalue weighted by atomic mass is 35.5. The molecule has 0 aromatic carbocycles. The summed E-state index contributed by atoms with van der Waals surface area (Å²) in [6, 6.07) is 0.0734. The summed E-state index contributed by atoms with van der Waals surface area (Å²) in [7, 11) is 3.86. The molecule has 2 aromatic heterocycles. The van der Waals surface area contributed by atoms with Gasteiger partial charge in [0.05, 0.1) is 17.8 Å². The van der Waals surface area contributed by atoms with Crippen LogP contribution in [0.3, 0.4) is 0 Å². The fourth-order valence-electron chi connectivity index (χ4n) is 3.76. The molecule has 8 heteroatoms. The molecule has 1 fully saturated rings. The molecule has 1 saturated heterocycles. The monoisotopic (exact) mass is 380 g/mol. The average molecular weight is 381 g/mol. The molecular weight excluding hydrogens is 352 g/mol. The van der Waals surface area contributed by atoms with Gasteiger partial charge in [-0.1, -0.05) is 0 Å². The van der Waals surface area contributed by atoms with E-state index < -0.39 is 0 Å². The molecule has 0 saturated carbocycles. The highest BCUT2D eigenvalue weighted by molar-refractivity contribution is 5.85. The van der Waals surface area contributed by atoms with Crippen LogP contribution in [0.25, 0.3) is 0 Å². The third kappa shape index (κ3) is 4.10. The van der Waals surface area contributed by atoms with Gasteiger partial charge < -0.3 is 10.6 Å². The van der Waals surface area contributed by atoms with E-state index in [2.05, 4.69) is 34.7 Å². The van der Waals surface area contributed by atoms with Crippen LogP contribution in [0.5, 0.6) is 0 Å². The van der Waals surface area contributed by atoms with Crippen molar-refractivity contribution < 1.29 is 4.79 Å². The summed E-state index contributed by atoms with van der Waals surface area (Å²) in [6.07, 6.45) is 4.67. The Hall–Kier alpha value is -1.86. The minimum atomic E-state index is -0.0530. The molecule has 1 unspecified atom stereocenters. The van der Waals surface area contributed by atoms with Gasteiger partial charge in [-0.25, -0.2) is 0 Å². The lowest BCUT2D eigenvalue weighted by Crippen LogP contribution is -2.40. The van der Waals surface area contributed by atoms with Crippen LogP contribution >= 0.6 is 12.4 Å². The number of carbonyl (C=O) groups excluding carboxylic acids is 1. The van der Waals surface area contributed by atoms with Gasteiger partial charge in [0.2, 0.25) is 5.91 Å². The zero-order valence-corrected chi connectivity index (χ0v) is 16.9. The summed E-state index contributed by atoms with van der Waals surface area (Å²) in [5.74, 6) is 0.246. The summed E-state index contributed by atoms with van der Waals surface area (Å²) < 4.78 is 3.69. The Bertz CT molecular complexity index is 768. The molecule has 26 heavy (non-hydrogen) atoms.